The highest BCUT2D eigenvalue weighted by atomic mass is 33.1. The highest BCUT2D eigenvalue weighted by Crippen LogP contribution is 2.35. The molecule has 1 N–H and O–H groups in total. The van der Waals surface area contributed by atoms with Crippen molar-refractivity contribution < 1.29 is 5.11 Å². The minimum absolute atomic E-state index is 0.224. The lowest BCUT2D eigenvalue weighted by Gasteiger charge is -2.15. The van der Waals surface area contributed by atoms with Crippen LogP contribution in [-0.4, -0.2) is 21.9 Å². The lowest BCUT2D eigenvalue weighted by Crippen LogP contribution is -2.14. The van der Waals surface area contributed by atoms with Crippen LogP contribution in [0.1, 0.15) is 13.8 Å². The zero-order valence-corrected chi connectivity index (χ0v) is 10.0. The average molecular weight is 229 g/mol. The van der Waals surface area contributed by atoms with Crippen LogP contribution >= 0.6 is 21.6 Å². The lowest BCUT2D eigenvalue weighted by atomic mass is 10.1. The zero-order valence-electron chi connectivity index (χ0n) is 8.38. The van der Waals surface area contributed by atoms with Crippen LogP contribution in [0, 0.1) is 5.92 Å². The van der Waals surface area contributed by atoms with E-state index in [9.17, 15) is 0 Å². The molecule has 0 radical (unpaired) electrons. The van der Waals surface area contributed by atoms with Crippen molar-refractivity contribution in [1.29, 1.82) is 0 Å². The monoisotopic (exact) mass is 229 g/mol. The van der Waals surface area contributed by atoms with Gasteiger partial charge in [-0.05, 0) is 28.8 Å². The van der Waals surface area contributed by atoms with E-state index in [2.05, 4.69) is 18.8 Å². The van der Waals surface area contributed by atoms with Gasteiger partial charge in [0, 0.05) is 11.4 Å². The fourth-order valence-corrected chi connectivity index (χ4v) is 3.41. The molecule has 0 unspecified atom stereocenters. The first kappa shape index (κ1) is 11.9. The third kappa shape index (κ3) is 3.90. The first-order valence-corrected chi connectivity index (χ1v) is 6.80. The van der Waals surface area contributed by atoms with Crippen LogP contribution in [0.2, 0.25) is 0 Å². The van der Waals surface area contributed by atoms with E-state index in [-0.39, 0.29) is 11.9 Å². The molecule has 0 aliphatic heterocycles. The van der Waals surface area contributed by atoms with E-state index in [1.807, 2.05) is 18.2 Å². The maximum atomic E-state index is 9.12. The summed E-state index contributed by atoms with van der Waals surface area (Å²) in [4.78, 5) is 4.20. The number of nitrogens with zero attached hydrogens (tertiary/aromatic N) is 1. The highest BCUT2D eigenvalue weighted by molar-refractivity contribution is 8.76. The van der Waals surface area contributed by atoms with Gasteiger partial charge in [-0.3, -0.25) is 0 Å². The minimum Gasteiger partial charge on any atom is -0.395 e. The first-order chi connectivity index (χ1) is 6.74. The number of aromatic nitrogens is 1. The van der Waals surface area contributed by atoms with E-state index in [0.717, 1.165) is 5.03 Å². The Hall–Kier alpha value is -0.190. The predicted molar refractivity (Wildman–Crippen MR) is 63.4 cm³/mol. The second-order valence-corrected chi connectivity index (χ2v) is 5.77. The molecule has 4 heteroatoms. The molecule has 0 aliphatic rings. The van der Waals surface area contributed by atoms with E-state index in [1.54, 1.807) is 27.8 Å². The van der Waals surface area contributed by atoms with E-state index in [1.165, 1.54) is 0 Å². The van der Waals surface area contributed by atoms with E-state index < -0.39 is 0 Å². The summed E-state index contributed by atoms with van der Waals surface area (Å²) < 4.78 is 0. The van der Waals surface area contributed by atoms with Crippen molar-refractivity contribution in [2.45, 2.75) is 24.1 Å². The molecular formula is C10H15NOS2. The van der Waals surface area contributed by atoms with Gasteiger partial charge in [0.05, 0.1) is 6.61 Å². The molecule has 0 spiro atoms. The molecule has 1 aromatic rings. The topological polar surface area (TPSA) is 33.1 Å². The molecule has 2 nitrogen and oxygen atoms in total. The van der Waals surface area contributed by atoms with Crippen LogP contribution < -0.4 is 0 Å². The molecule has 0 fully saturated rings. The Labute approximate surface area is 92.9 Å². The summed E-state index contributed by atoms with van der Waals surface area (Å²) in [6, 6.07) is 5.85. The number of aliphatic hydroxyl groups excluding tert-OH is 1. The van der Waals surface area contributed by atoms with Crippen molar-refractivity contribution in [2.75, 3.05) is 6.61 Å². The lowest BCUT2D eigenvalue weighted by molar-refractivity contribution is 0.275. The summed E-state index contributed by atoms with van der Waals surface area (Å²) in [5, 5.41) is 10.4. The average Bonchev–Trinajstić information content (AvgIpc) is 2.20. The number of hydrogen-bond acceptors (Lipinski definition) is 4. The van der Waals surface area contributed by atoms with Crippen molar-refractivity contribution in [2.24, 2.45) is 5.92 Å². The Bertz CT molecular complexity index is 254. The van der Waals surface area contributed by atoms with Gasteiger partial charge in [-0.2, -0.15) is 0 Å². The van der Waals surface area contributed by atoms with Crippen molar-refractivity contribution in [3.63, 3.8) is 0 Å². The molecular weight excluding hydrogens is 214 g/mol. The largest absolute Gasteiger partial charge is 0.395 e. The molecule has 0 amide bonds. The van der Waals surface area contributed by atoms with Gasteiger partial charge in [-0.25, -0.2) is 4.98 Å². The molecule has 0 saturated heterocycles. The maximum Gasteiger partial charge on any atom is 0.106 e. The van der Waals surface area contributed by atoms with Crippen LogP contribution in [0.5, 0.6) is 0 Å². The smallest absolute Gasteiger partial charge is 0.106 e. The van der Waals surface area contributed by atoms with Crippen LogP contribution in [-0.2, 0) is 0 Å². The normalized spacial score (nSPS) is 13.1. The standard InChI is InChI=1S/C10H15NOS2/c1-8(2)9(7-12)13-14-10-5-3-4-6-11-10/h3-6,8-9,12H,7H2,1-2H3/t9-/m1/s1. The van der Waals surface area contributed by atoms with Gasteiger partial charge >= 0.3 is 0 Å². The minimum atomic E-state index is 0.224. The number of hydrogen-bond donors (Lipinski definition) is 1. The van der Waals surface area contributed by atoms with Crippen LogP contribution in [0.3, 0.4) is 0 Å². The Balaban J connectivity index is 2.40. The summed E-state index contributed by atoms with van der Waals surface area (Å²) in [6.45, 7) is 4.46. The van der Waals surface area contributed by atoms with E-state index >= 15 is 0 Å². The van der Waals surface area contributed by atoms with Crippen molar-refractivity contribution in [3.05, 3.63) is 24.4 Å². The van der Waals surface area contributed by atoms with Gasteiger partial charge in [0.25, 0.3) is 0 Å². The number of pyridine rings is 1. The van der Waals surface area contributed by atoms with Gasteiger partial charge < -0.3 is 5.11 Å². The van der Waals surface area contributed by atoms with Crippen molar-refractivity contribution in [1.82, 2.24) is 4.98 Å². The predicted octanol–water partition coefficient (Wildman–Crippen LogP) is 2.84. The first-order valence-electron chi connectivity index (χ1n) is 4.59. The Morgan fingerprint density at radius 2 is 2.21 bits per heavy atom. The summed E-state index contributed by atoms with van der Waals surface area (Å²) >= 11 is 0. The van der Waals surface area contributed by atoms with E-state index in [4.69, 9.17) is 5.11 Å². The summed E-state index contributed by atoms with van der Waals surface area (Å²) in [5.74, 6) is 0.487. The van der Waals surface area contributed by atoms with Crippen molar-refractivity contribution in [3.8, 4) is 0 Å². The zero-order chi connectivity index (χ0) is 10.4. The summed E-state index contributed by atoms with van der Waals surface area (Å²) in [5.41, 5.74) is 0. The fraction of sp³-hybridized carbons (Fsp3) is 0.500. The Morgan fingerprint density at radius 1 is 1.43 bits per heavy atom. The quantitative estimate of drug-likeness (QED) is 0.787. The second-order valence-electron chi connectivity index (χ2n) is 3.31. The molecule has 1 atom stereocenters. The third-order valence-corrected chi connectivity index (χ3v) is 4.81. The number of rotatable bonds is 5. The Morgan fingerprint density at radius 3 is 2.71 bits per heavy atom. The molecule has 1 heterocycles. The summed E-state index contributed by atoms with van der Waals surface area (Å²) in [6.07, 6.45) is 1.78. The molecule has 14 heavy (non-hydrogen) atoms. The molecule has 0 saturated carbocycles. The van der Waals surface area contributed by atoms with Crippen LogP contribution in [0.25, 0.3) is 0 Å². The molecule has 1 aromatic heterocycles. The number of aliphatic hydroxyl groups is 1. The maximum absolute atomic E-state index is 9.12. The molecule has 0 bridgehead atoms. The highest BCUT2D eigenvalue weighted by Gasteiger charge is 2.13. The molecule has 0 aliphatic carbocycles. The van der Waals surface area contributed by atoms with Crippen LogP contribution in [0.4, 0.5) is 0 Å². The molecule has 78 valence electrons. The van der Waals surface area contributed by atoms with E-state index in [0.29, 0.717) is 5.92 Å². The molecule has 0 aromatic carbocycles. The van der Waals surface area contributed by atoms with Gasteiger partial charge in [0.15, 0.2) is 0 Å². The Kier molecular flexibility index (Phi) is 5.37. The van der Waals surface area contributed by atoms with Crippen LogP contribution in [0.15, 0.2) is 29.4 Å². The van der Waals surface area contributed by atoms with Gasteiger partial charge in [-0.15, -0.1) is 0 Å². The SMILES string of the molecule is CC(C)[C@@H](CO)SSc1ccccn1. The molecule has 1 rings (SSSR count). The van der Waals surface area contributed by atoms with Crippen molar-refractivity contribution >= 4 is 21.6 Å². The third-order valence-electron chi connectivity index (χ3n) is 1.82. The fourth-order valence-electron chi connectivity index (χ4n) is 0.860. The summed E-state index contributed by atoms with van der Waals surface area (Å²) in [7, 11) is 3.31. The van der Waals surface area contributed by atoms with Gasteiger partial charge in [0.1, 0.15) is 5.03 Å². The van der Waals surface area contributed by atoms with Gasteiger partial charge in [-0.1, -0.05) is 30.7 Å². The second kappa shape index (κ2) is 6.32. The van der Waals surface area contributed by atoms with Gasteiger partial charge in [0.2, 0.25) is 0 Å².